The van der Waals surface area contributed by atoms with Gasteiger partial charge in [-0.25, -0.2) is 9.18 Å². The second-order valence-corrected chi connectivity index (χ2v) is 1.91. The van der Waals surface area contributed by atoms with Crippen LogP contribution in [0.15, 0.2) is 36.2 Å². The first-order chi connectivity index (χ1) is 5.61. The van der Waals surface area contributed by atoms with Crippen LogP contribution in [0.4, 0.5) is 4.39 Å². The fraction of sp³-hybridized carbons (Fsp3) is 0.125. The van der Waals surface area contributed by atoms with Crippen molar-refractivity contribution in [3.8, 4) is 0 Å². The number of carboxylic acids is 1. The largest absolute Gasteiger partial charge is 0.478 e. The van der Waals surface area contributed by atoms with Gasteiger partial charge < -0.3 is 10.2 Å². The van der Waals surface area contributed by atoms with Crippen LogP contribution in [0.1, 0.15) is 0 Å². The number of halogens is 1. The lowest BCUT2D eigenvalue weighted by Gasteiger charge is -1.92. The molecule has 0 bridgehead atoms. The fourth-order valence-corrected chi connectivity index (χ4v) is 0.440. The van der Waals surface area contributed by atoms with E-state index in [2.05, 4.69) is 6.58 Å². The van der Waals surface area contributed by atoms with E-state index in [9.17, 15) is 9.18 Å². The van der Waals surface area contributed by atoms with Gasteiger partial charge in [0.2, 0.25) is 0 Å². The number of hydrogen-bond acceptors (Lipinski definition) is 2. The van der Waals surface area contributed by atoms with E-state index in [1.165, 1.54) is 0 Å². The van der Waals surface area contributed by atoms with Gasteiger partial charge in [-0.15, -0.1) is 0 Å². The maximum Gasteiger partial charge on any atom is 0.333 e. The van der Waals surface area contributed by atoms with Crippen LogP contribution in [-0.4, -0.2) is 22.8 Å². The minimum atomic E-state index is -1.27. The van der Waals surface area contributed by atoms with E-state index in [1.807, 2.05) is 0 Å². The predicted molar refractivity (Wildman–Crippen MR) is 42.2 cm³/mol. The Bertz CT molecular complexity index is 241. The summed E-state index contributed by atoms with van der Waals surface area (Å²) >= 11 is 0. The highest BCUT2D eigenvalue weighted by molar-refractivity contribution is 5.87. The molecule has 0 atom stereocenters. The normalized spacial score (nSPS) is 12.8. The lowest BCUT2D eigenvalue weighted by Crippen LogP contribution is -2.03. The Morgan fingerprint density at radius 3 is 2.42 bits per heavy atom. The van der Waals surface area contributed by atoms with Crippen LogP contribution in [0, 0.1) is 0 Å². The molecule has 0 aromatic carbocycles. The molecule has 0 unspecified atom stereocenters. The van der Waals surface area contributed by atoms with Crippen molar-refractivity contribution in [2.45, 2.75) is 0 Å². The highest BCUT2D eigenvalue weighted by Gasteiger charge is 2.02. The fourth-order valence-electron chi connectivity index (χ4n) is 0.440. The van der Waals surface area contributed by atoms with Gasteiger partial charge in [0.05, 0.1) is 12.2 Å². The van der Waals surface area contributed by atoms with Gasteiger partial charge in [0.15, 0.2) is 0 Å². The Hall–Kier alpha value is -1.42. The van der Waals surface area contributed by atoms with Gasteiger partial charge in [0.1, 0.15) is 5.83 Å². The number of aliphatic hydroxyl groups is 1. The Labute approximate surface area is 69.1 Å². The highest BCUT2D eigenvalue weighted by Crippen LogP contribution is 2.00. The molecule has 0 amide bonds. The van der Waals surface area contributed by atoms with Crippen LogP contribution in [0.3, 0.4) is 0 Å². The molecule has 66 valence electrons. The summed E-state index contributed by atoms with van der Waals surface area (Å²) in [6, 6.07) is 0. The molecular weight excluding hydrogens is 163 g/mol. The average Bonchev–Trinajstić information content (AvgIpc) is 2.04. The topological polar surface area (TPSA) is 57.5 Å². The van der Waals surface area contributed by atoms with E-state index in [1.54, 1.807) is 0 Å². The minimum Gasteiger partial charge on any atom is -0.478 e. The van der Waals surface area contributed by atoms with E-state index in [0.717, 1.165) is 18.2 Å². The van der Waals surface area contributed by atoms with Crippen LogP contribution in [0.5, 0.6) is 0 Å². The quantitative estimate of drug-likeness (QED) is 0.491. The van der Waals surface area contributed by atoms with E-state index >= 15 is 0 Å². The van der Waals surface area contributed by atoms with Crippen LogP contribution >= 0.6 is 0 Å². The summed E-state index contributed by atoms with van der Waals surface area (Å²) in [5, 5.41) is 16.8. The van der Waals surface area contributed by atoms with Crippen molar-refractivity contribution < 1.29 is 19.4 Å². The summed E-state index contributed by atoms with van der Waals surface area (Å²) in [5.74, 6) is -1.92. The first-order valence-corrected chi connectivity index (χ1v) is 3.14. The lowest BCUT2D eigenvalue weighted by atomic mass is 10.2. The summed E-state index contributed by atoms with van der Waals surface area (Å²) in [5.41, 5.74) is -0.271. The number of carboxylic acid groups (broad SMARTS) is 1. The molecule has 3 nitrogen and oxygen atoms in total. The molecule has 2 N–H and O–H groups in total. The number of carbonyl (C=O) groups is 1. The molecule has 4 heteroatoms. The summed E-state index contributed by atoms with van der Waals surface area (Å²) in [7, 11) is 0. The van der Waals surface area contributed by atoms with Crippen molar-refractivity contribution in [1.82, 2.24) is 0 Å². The molecule has 0 fully saturated rings. The highest BCUT2D eigenvalue weighted by atomic mass is 19.1. The Balaban J connectivity index is 4.51. The molecular formula is C8H9FO3. The molecule has 0 saturated carbocycles. The SMILES string of the molecule is C=C/C(F)=C\C=C(/CO)C(=O)O. The second kappa shape index (κ2) is 5.26. The predicted octanol–water partition coefficient (Wildman–Crippen LogP) is 1.03. The molecule has 0 rings (SSSR count). The number of rotatable bonds is 4. The molecule has 0 aliphatic carbocycles. The zero-order valence-corrected chi connectivity index (χ0v) is 6.33. The van der Waals surface area contributed by atoms with Gasteiger partial charge >= 0.3 is 5.97 Å². The van der Waals surface area contributed by atoms with Crippen LogP contribution in [0.2, 0.25) is 0 Å². The van der Waals surface area contributed by atoms with Crippen molar-refractivity contribution >= 4 is 5.97 Å². The third kappa shape index (κ3) is 3.68. The number of aliphatic hydroxyl groups excluding tert-OH is 1. The van der Waals surface area contributed by atoms with E-state index in [4.69, 9.17) is 10.2 Å². The number of aliphatic carboxylic acids is 1. The molecule has 0 aromatic rings. The third-order valence-corrected chi connectivity index (χ3v) is 1.08. The van der Waals surface area contributed by atoms with Crippen molar-refractivity contribution in [1.29, 1.82) is 0 Å². The smallest absolute Gasteiger partial charge is 0.333 e. The molecule has 0 saturated heterocycles. The first kappa shape index (κ1) is 10.6. The maximum absolute atomic E-state index is 12.3. The van der Waals surface area contributed by atoms with E-state index in [-0.39, 0.29) is 5.57 Å². The summed E-state index contributed by atoms with van der Waals surface area (Å²) in [4.78, 5) is 10.2. The molecule has 0 radical (unpaired) electrons. The van der Waals surface area contributed by atoms with Crippen molar-refractivity contribution in [3.63, 3.8) is 0 Å². The average molecular weight is 172 g/mol. The number of hydrogen-bond donors (Lipinski definition) is 2. The zero-order chi connectivity index (χ0) is 9.56. The van der Waals surface area contributed by atoms with Crippen LogP contribution in [0.25, 0.3) is 0 Å². The van der Waals surface area contributed by atoms with Gasteiger partial charge in [-0.2, -0.15) is 0 Å². The van der Waals surface area contributed by atoms with E-state index < -0.39 is 18.4 Å². The molecule has 0 aliphatic rings. The Morgan fingerprint density at radius 1 is 1.50 bits per heavy atom. The van der Waals surface area contributed by atoms with Gasteiger partial charge in [-0.3, -0.25) is 0 Å². The standard InChI is InChI=1S/C8H9FO3/c1-2-7(9)4-3-6(5-10)8(11)12/h2-4,10H,1,5H2,(H,11,12)/b6-3+,7-4+. The third-order valence-electron chi connectivity index (χ3n) is 1.08. The van der Waals surface area contributed by atoms with Gasteiger partial charge in [0, 0.05) is 0 Å². The van der Waals surface area contributed by atoms with Gasteiger partial charge in [-0.05, 0) is 18.2 Å². The minimum absolute atomic E-state index is 0.271. The molecule has 0 spiro atoms. The monoisotopic (exact) mass is 172 g/mol. The Morgan fingerprint density at radius 2 is 2.08 bits per heavy atom. The molecule has 0 heterocycles. The summed E-state index contributed by atoms with van der Waals surface area (Å²) in [6.07, 6.45) is 2.85. The summed E-state index contributed by atoms with van der Waals surface area (Å²) < 4.78 is 12.3. The van der Waals surface area contributed by atoms with Crippen molar-refractivity contribution in [2.24, 2.45) is 0 Å². The lowest BCUT2D eigenvalue weighted by molar-refractivity contribution is -0.133. The Kier molecular flexibility index (Phi) is 4.64. The van der Waals surface area contributed by atoms with Gasteiger partial charge in [0.25, 0.3) is 0 Å². The summed E-state index contributed by atoms with van der Waals surface area (Å²) in [6.45, 7) is 2.50. The maximum atomic E-state index is 12.3. The van der Waals surface area contributed by atoms with Crippen molar-refractivity contribution in [2.75, 3.05) is 6.61 Å². The van der Waals surface area contributed by atoms with Crippen LogP contribution < -0.4 is 0 Å². The number of allylic oxidation sites excluding steroid dienone is 4. The second-order valence-electron chi connectivity index (χ2n) is 1.91. The molecule has 0 aliphatic heterocycles. The first-order valence-electron chi connectivity index (χ1n) is 3.14. The molecule has 12 heavy (non-hydrogen) atoms. The van der Waals surface area contributed by atoms with Gasteiger partial charge in [-0.1, -0.05) is 6.58 Å². The van der Waals surface area contributed by atoms with Crippen LogP contribution in [-0.2, 0) is 4.79 Å². The van der Waals surface area contributed by atoms with Crippen molar-refractivity contribution in [3.05, 3.63) is 36.2 Å². The zero-order valence-electron chi connectivity index (χ0n) is 6.33. The molecule has 0 aromatic heterocycles. The van der Waals surface area contributed by atoms with E-state index in [0.29, 0.717) is 0 Å².